The van der Waals surface area contributed by atoms with Gasteiger partial charge in [-0.25, -0.2) is 0 Å². The maximum absolute atomic E-state index is 12.6. The Hall–Kier alpha value is -2.53. The fourth-order valence-corrected chi connectivity index (χ4v) is 3.24. The lowest BCUT2D eigenvalue weighted by Gasteiger charge is -2.24. The monoisotopic (exact) mass is 338 g/mol. The first kappa shape index (κ1) is 16.3. The molecule has 0 unspecified atom stereocenters. The largest absolute Gasteiger partial charge is 0.324 e. The minimum absolute atomic E-state index is 0.184. The van der Waals surface area contributed by atoms with Crippen LogP contribution in [-0.2, 0) is 4.79 Å². The van der Waals surface area contributed by atoms with Gasteiger partial charge in [0, 0.05) is 27.4 Å². The molecule has 1 aliphatic heterocycles. The molecule has 1 N–H and O–H groups in total. The molecule has 0 spiro atoms. The van der Waals surface area contributed by atoms with Crippen molar-refractivity contribution in [1.29, 1.82) is 0 Å². The zero-order chi connectivity index (χ0) is 17.3. The van der Waals surface area contributed by atoms with Crippen LogP contribution in [0.5, 0.6) is 0 Å². The summed E-state index contributed by atoms with van der Waals surface area (Å²) in [5.74, 6) is -0.424. The molecule has 0 aromatic heterocycles. The van der Waals surface area contributed by atoms with E-state index in [1.165, 1.54) is 4.90 Å². The Morgan fingerprint density at radius 1 is 1.17 bits per heavy atom. The Balaban J connectivity index is 1.79. The first-order valence-electron chi connectivity index (χ1n) is 7.59. The van der Waals surface area contributed by atoms with E-state index >= 15 is 0 Å². The number of thioether (sulfide) groups is 1. The lowest BCUT2D eigenvalue weighted by Crippen LogP contribution is -2.41. The van der Waals surface area contributed by atoms with Gasteiger partial charge in [0.05, 0.1) is 0 Å². The highest BCUT2D eigenvalue weighted by Gasteiger charge is 2.36. The molecule has 1 heterocycles. The van der Waals surface area contributed by atoms with Gasteiger partial charge in [0.1, 0.15) is 6.04 Å². The molecule has 5 heteroatoms. The molecule has 0 saturated carbocycles. The van der Waals surface area contributed by atoms with Crippen LogP contribution in [0.3, 0.4) is 0 Å². The van der Waals surface area contributed by atoms with Crippen LogP contribution >= 0.6 is 11.8 Å². The molecule has 4 nitrogen and oxygen atoms in total. The van der Waals surface area contributed by atoms with Crippen molar-refractivity contribution in [3.8, 4) is 0 Å². The van der Waals surface area contributed by atoms with Crippen LogP contribution < -0.4 is 5.32 Å². The number of benzene rings is 2. The molecule has 0 aliphatic carbocycles. The molecule has 0 radical (unpaired) electrons. The predicted octanol–water partition coefficient (Wildman–Crippen LogP) is 3.86. The number of carbonyl (C=O) groups excluding carboxylic acids is 2. The fourth-order valence-electron chi connectivity index (χ4n) is 2.78. The van der Waals surface area contributed by atoms with Crippen molar-refractivity contribution in [2.45, 2.75) is 17.9 Å². The van der Waals surface area contributed by atoms with E-state index in [0.717, 1.165) is 10.5 Å². The number of fused-ring (bicyclic) bond motifs is 1. The van der Waals surface area contributed by atoms with Crippen LogP contribution in [0.15, 0.2) is 60.0 Å². The van der Waals surface area contributed by atoms with E-state index < -0.39 is 6.04 Å². The molecular formula is C19H18N2O2S. The molecule has 0 bridgehead atoms. The normalized spacial score (nSPS) is 14.5. The van der Waals surface area contributed by atoms with Crippen molar-refractivity contribution in [2.75, 3.05) is 11.6 Å². The quantitative estimate of drug-likeness (QED) is 0.861. The van der Waals surface area contributed by atoms with Gasteiger partial charge in [-0.05, 0) is 37.4 Å². The third kappa shape index (κ3) is 2.83. The summed E-state index contributed by atoms with van der Waals surface area (Å²) in [5, 5.41) is 2.87. The van der Waals surface area contributed by atoms with Crippen LogP contribution in [0.1, 0.15) is 22.8 Å². The second kappa shape index (κ2) is 6.53. The maximum atomic E-state index is 12.6. The average Bonchev–Trinajstić information content (AvgIpc) is 2.86. The van der Waals surface area contributed by atoms with Crippen molar-refractivity contribution in [1.82, 2.24) is 4.90 Å². The van der Waals surface area contributed by atoms with Crippen LogP contribution in [-0.4, -0.2) is 29.0 Å². The summed E-state index contributed by atoms with van der Waals surface area (Å²) in [6.07, 6.45) is 1.98. The van der Waals surface area contributed by atoms with Gasteiger partial charge < -0.3 is 5.32 Å². The number of amides is 2. The number of carbonyl (C=O) groups is 2. The van der Waals surface area contributed by atoms with E-state index in [1.54, 1.807) is 24.8 Å². The average molecular weight is 338 g/mol. The van der Waals surface area contributed by atoms with E-state index in [9.17, 15) is 9.59 Å². The highest BCUT2D eigenvalue weighted by atomic mass is 32.2. The number of nitrogens with zero attached hydrogens (tertiary/aromatic N) is 1. The number of anilines is 1. The van der Waals surface area contributed by atoms with E-state index in [-0.39, 0.29) is 11.8 Å². The third-order valence-corrected chi connectivity index (χ3v) is 4.81. The predicted molar refractivity (Wildman–Crippen MR) is 98.0 cm³/mol. The van der Waals surface area contributed by atoms with Crippen molar-refractivity contribution in [3.63, 3.8) is 0 Å². The first-order chi connectivity index (χ1) is 11.5. The highest BCUT2D eigenvalue weighted by Crippen LogP contribution is 2.33. The Morgan fingerprint density at radius 2 is 1.88 bits per heavy atom. The van der Waals surface area contributed by atoms with Crippen molar-refractivity contribution < 1.29 is 9.59 Å². The van der Waals surface area contributed by atoms with Crippen LogP contribution in [0, 0.1) is 0 Å². The van der Waals surface area contributed by atoms with Gasteiger partial charge in [-0.15, -0.1) is 11.8 Å². The number of hydrogen-bond donors (Lipinski definition) is 1. The van der Waals surface area contributed by atoms with Gasteiger partial charge in [0.2, 0.25) is 5.91 Å². The van der Waals surface area contributed by atoms with Gasteiger partial charge >= 0.3 is 0 Å². The van der Waals surface area contributed by atoms with Gasteiger partial charge in [-0.3, -0.25) is 14.5 Å². The van der Waals surface area contributed by atoms with E-state index in [4.69, 9.17) is 0 Å². The number of rotatable bonds is 4. The van der Waals surface area contributed by atoms with Gasteiger partial charge in [0.15, 0.2) is 0 Å². The lowest BCUT2D eigenvalue weighted by atomic mass is 10.1. The van der Waals surface area contributed by atoms with Crippen molar-refractivity contribution in [3.05, 3.63) is 66.2 Å². The molecule has 1 aliphatic rings. The van der Waals surface area contributed by atoms with Crippen LogP contribution in [0.2, 0.25) is 0 Å². The molecule has 122 valence electrons. The van der Waals surface area contributed by atoms with E-state index in [1.807, 2.05) is 48.7 Å². The molecule has 0 fully saturated rings. The zero-order valence-electron chi connectivity index (χ0n) is 13.6. The second-order valence-electron chi connectivity index (χ2n) is 5.56. The summed E-state index contributed by atoms with van der Waals surface area (Å²) in [6.45, 7) is 5.70. The standard InChI is InChI=1S/C19H18N2O2S/c1-12-16-9-4-5-10-17(16)19(23)21(12)13(2)18(22)20-14-7-6-8-15(11-14)24-3/h4-11,13H,1H2,2-3H3,(H,20,22)/t13-/m1/s1. The van der Waals surface area contributed by atoms with Gasteiger partial charge in [-0.1, -0.05) is 30.8 Å². The fraction of sp³-hybridized carbons (Fsp3) is 0.158. The summed E-state index contributed by atoms with van der Waals surface area (Å²) < 4.78 is 0. The summed E-state index contributed by atoms with van der Waals surface area (Å²) in [4.78, 5) is 27.7. The number of nitrogens with one attached hydrogen (secondary N) is 1. The molecule has 2 aromatic rings. The molecule has 2 aromatic carbocycles. The Morgan fingerprint density at radius 3 is 2.54 bits per heavy atom. The Bertz CT molecular complexity index is 797. The van der Waals surface area contributed by atoms with Gasteiger partial charge in [-0.2, -0.15) is 0 Å². The number of hydrogen-bond acceptors (Lipinski definition) is 3. The first-order valence-corrected chi connectivity index (χ1v) is 8.82. The topological polar surface area (TPSA) is 49.4 Å². The minimum atomic E-state index is -0.643. The van der Waals surface area contributed by atoms with Crippen molar-refractivity contribution >= 4 is 35.0 Å². The second-order valence-corrected chi connectivity index (χ2v) is 6.44. The SMILES string of the molecule is C=C1c2ccccc2C(=O)N1[C@H](C)C(=O)Nc1cccc(SC)c1. The summed E-state index contributed by atoms with van der Waals surface area (Å²) in [5.41, 5.74) is 2.66. The lowest BCUT2D eigenvalue weighted by molar-refractivity contribution is -0.119. The smallest absolute Gasteiger partial charge is 0.259 e. The van der Waals surface area contributed by atoms with E-state index in [2.05, 4.69) is 11.9 Å². The zero-order valence-corrected chi connectivity index (χ0v) is 14.4. The molecule has 1 atom stereocenters. The molecular weight excluding hydrogens is 320 g/mol. The van der Waals surface area contributed by atoms with Crippen LogP contribution in [0.4, 0.5) is 5.69 Å². The summed E-state index contributed by atoms with van der Waals surface area (Å²) in [7, 11) is 0. The summed E-state index contributed by atoms with van der Waals surface area (Å²) in [6, 6.07) is 14.2. The van der Waals surface area contributed by atoms with E-state index in [0.29, 0.717) is 16.9 Å². The minimum Gasteiger partial charge on any atom is -0.324 e. The maximum Gasteiger partial charge on any atom is 0.259 e. The molecule has 2 amide bonds. The van der Waals surface area contributed by atoms with Gasteiger partial charge in [0.25, 0.3) is 5.91 Å². The summed E-state index contributed by atoms with van der Waals surface area (Å²) >= 11 is 1.61. The Kier molecular flexibility index (Phi) is 4.44. The third-order valence-electron chi connectivity index (χ3n) is 4.08. The molecule has 24 heavy (non-hydrogen) atoms. The Labute approximate surface area is 145 Å². The van der Waals surface area contributed by atoms with Crippen molar-refractivity contribution in [2.24, 2.45) is 0 Å². The van der Waals surface area contributed by atoms with Crippen LogP contribution in [0.25, 0.3) is 5.70 Å². The molecule has 3 rings (SSSR count). The highest BCUT2D eigenvalue weighted by molar-refractivity contribution is 7.98. The molecule has 0 saturated heterocycles.